The highest BCUT2D eigenvalue weighted by Crippen LogP contribution is 2.43. The number of ketones is 1. The molecule has 1 unspecified atom stereocenters. The number of hydrogen-bond donors (Lipinski definition) is 1. The first kappa shape index (κ1) is 26.8. The van der Waals surface area contributed by atoms with Gasteiger partial charge in [-0.15, -0.1) is 0 Å². The highest BCUT2D eigenvalue weighted by Gasteiger charge is 2.47. The summed E-state index contributed by atoms with van der Waals surface area (Å²) in [5.74, 6) is -0.0731. The molecule has 1 aliphatic heterocycles. The lowest BCUT2D eigenvalue weighted by Gasteiger charge is -2.25. The summed E-state index contributed by atoms with van der Waals surface area (Å²) in [6.45, 7) is 5.06. The van der Waals surface area contributed by atoms with Crippen molar-refractivity contribution < 1.29 is 24.2 Å². The predicted molar refractivity (Wildman–Crippen MR) is 155 cm³/mol. The minimum absolute atomic E-state index is 0.0184. The van der Waals surface area contributed by atoms with Crippen molar-refractivity contribution in [1.82, 2.24) is 0 Å². The van der Waals surface area contributed by atoms with Crippen LogP contribution in [0.3, 0.4) is 0 Å². The third-order valence-electron chi connectivity index (χ3n) is 6.61. The normalized spacial score (nSPS) is 16.4. The number of Topliss-reactive ketones (excluding diaryl/α,β-unsaturated/α-hetero) is 1. The molecule has 0 bridgehead atoms. The fraction of sp³-hybridized carbons (Fsp3) is 0.176. The van der Waals surface area contributed by atoms with E-state index in [0.29, 0.717) is 47.4 Å². The minimum atomic E-state index is -0.848. The Morgan fingerprint density at radius 3 is 2.15 bits per heavy atom. The van der Waals surface area contributed by atoms with Crippen LogP contribution in [0.25, 0.3) is 5.76 Å². The molecule has 4 aromatic rings. The van der Waals surface area contributed by atoms with Crippen LogP contribution >= 0.6 is 0 Å². The van der Waals surface area contributed by atoms with Crippen molar-refractivity contribution in [2.75, 3.05) is 11.5 Å². The molecule has 0 radical (unpaired) electrons. The lowest BCUT2D eigenvalue weighted by Crippen LogP contribution is -2.29. The molecule has 1 fully saturated rings. The highest BCUT2D eigenvalue weighted by atomic mass is 16.5. The molecular formula is C34H31NO5. The Hall–Kier alpha value is -4.84. The zero-order valence-electron chi connectivity index (χ0n) is 22.5. The first-order valence-corrected chi connectivity index (χ1v) is 13.3. The number of ether oxygens (including phenoxy) is 2. The van der Waals surface area contributed by atoms with E-state index < -0.39 is 17.7 Å². The van der Waals surface area contributed by atoms with Crippen LogP contribution in [0.1, 0.15) is 36.6 Å². The quantitative estimate of drug-likeness (QED) is 0.143. The van der Waals surface area contributed by atoms with Crippen molar-refractivity contribution in [2.45, 2.75) is 26.5 Å². The zero-order valence-corrected chi connectivity index (χ0v) is 22.5. The molecule has 0 aliphatic carbocycles. The van der Waals surface area contributed by atoms with E-state index >= 15 is 0 Å². The maximum Gasteiger partial charge on any atom is 0.300 e. The first-order valence-electron chi connectivity index (χ1n) is 13.3. The van der Waals surface area contributed by atoms with Crippen molar-refractivity contribution >= 4 is 23.1 Å². The number of carbonyl (C=O) groups is 2. The second-order valence-electron chi connectivity index (χ2n) is 10.1. The third kappa shape index (κ3) is 5.76. The Morgan fingerprint density at radius 1 is 0.800 bits per heavy atom. The van der Waals surface area contributed by atoms with E-state index in [9.17, 15) is 14.7 Å². The molecule has 1 aliphatic rings. The molecule has 1 heterocycles. The van der Waals surface area contributed by atoms with E-state index in [1.807, 2.05) is 60.7 Å². The van der Waals surface area contributed by atoms with Gasteiger partial charge in [-0.25, -0.2) is 0 Å². The van der Waals surface area contributed by atoms with Gasteiger partial charge in [-0.3, -0.25) is 14.5 Å². The van der Waals surface area contributed by atoms with Crippen molar-refractivity contribution in [1.29, 1.82) is 0 Å². The molecule has 6 nitrogen and oxygen atoms in total. The van der Waals surface area contributed by atoms with Gasteiger partial charge in [0.05, 0.1) is 18.2 Å². The van der Waals surface area contributed by atoms with Gasteiger partial charge in [0, 0.05) is 11.3 Å². The number of anilines is 1. The maximum absolute atomic E-state index is 13.5. The zero-order chi connectivity index (χ0) is 28.1. The van der Waals surface area contributed by atoms with Gasteiger partial charge in [0.15, 0.2) is 0 Å². The van der Waals surface area contributed by atoms with E-state index in [2.05, 4.69) is 13.8 Å². The first-order chi connectivity index (χ1) is 19.4. The van der Waals surface area contributed by atoms with E-state index in [-0.39, 0.29) is 11.3 Å². The minimum Gasteiger partial charge on any atom is -0.507 e. The number of carbonyl (C=O) groups excluding carboxylic acids is 2. The fourth-order valence-electron chi connectivity index (χ4n) is 4.65. The van der Waals surface area contributed by atoms with Gasteiger partial charge in [0.25, 0.3) is 11.7 Å². The summed E-state index contributed by atoms with van der Waals surface area (Å²) in [5, 5.41) is 11.4. The average Bonchev–Trinajstić information content (AvgIpc) is 3.26. The van der Waals surface area contributed by atoms with Gasteiger partial charge in [0.2, 0.25) is 0 Å². The van der Waals surface area contributed by atoms with E-state index in [4.69, 9.17) is 9.47 Å². The SMILES string of the molecule is CC(C)COc1ccc(/C(O)=C2/C(=O)C(=O)N(c3ccccc3)C2c2cccc(OCc3ccccc3)c2)cc1. The van der Waals surface area contributed by atoms with Crippen LogP contribution in [0.5, 0.6) is 11.5 Å². The van der Waals surface area contributed by atoms with E-state index in [0.717, 1.165) is 5.56 Å². The predicted octanol–water partition coefficient (Wildman–Crippen LogP) is 6.93. The Kier molecular flexibility index (Phi) is 7.97. The summed E-state index contributed by atoms with van der Waals surface area (Å²) in [4.78, 5) is 28.3. The van der Waals surface area contributed by atoms with Crippen LogP contribution in [-0.4, -0.2) is 23.4 Å². The van der Waals surface area contributed by atoms with Gasteiger partial charge in [0.1, 0.15) is 23.9 Å². The van der Waals surface area contributed by atoms with E-state index in [1.165, 1.54) is 4.90 Å². The summed E-state index contributed by atoms with van der Waals surface area (Å²) >= 11 is 0. The number of hydrogen-bond acceptors (Lipinski definition) is 5. The molecule has 5 rings (SSSR count). The number of rotatable bonds is 9. The van der Waals surface area contributed by atoms with Crippen molar-refractivity contribution in [3.8, 4) is 11.5 Å². The molecule has 0 aromatic heterocycles. The van der Waals surface area contributed by atoms with Gasteiger partial charge in [-0.05, 0) is 65.6 Å². The van der Waals surface area contributed by atoms with Crippen LogP contribution < -0.4 is 14.4 Å². The molecule has 4 aromatic carbocycles. The summed E-state index contributed by atoms with van der Waals surface area (Å²) in [6.07, 6.45) is 0. The molecule has 1 saturated heterocycles. The van der Waals surface area contributed by atoms with Gasteiger partial charge < -0.3 is 14.6 Å². The number of nitrogens with zero attached hydrogens (tertiary/aromatic N) is 1. The highest BCUT2D eigenvalue weighted by molar-refractivity contribution is 6.51. The Morgan fingerprint density at radius 2 is 1.48 bits per heavy atom. The monoisotopic (exact) mass is 533 g/mol. The lowest BCUT2D eigenvalue weighted by molar-refractivity contribution is -0.132. The van der Waals surface area contributed by atoms with Crippen molar-refractivity contribution in [2.24, 2.45) is 5.92 Å². The topological polar surface area (TPSA) is 76.1 Å². The van der Waals surface area contributed by atoms with Crippen LogP contribution in [0.2, 0.25) is 0 Å². The fourth-order valence-corrected chi connectivity index (χ4v) is 4.65. The maximum atomic E-state index is 13.5. The van der Waals surface area contributed by atoms with Crippen LogP contribution in [0, 0.1) is 5.92 Å². The van der Waals surface area contributed by atoms with Gasteiger partial charge in [-0.2, -0.15) is 0 Å². The largest absolute Gasteiger partial charge is 0.507 e. The second kappa shape index (κ2) is 11.9. The second-order valence-corrected chi connectivity index (χ2v) is 10.1. The summed E-state index contributed by atoms with van der Waals surface area (Å²) < 4.78 is 11.8. The summed E-state index contributed by atoms with van der Waals surface area (Å²) in [5.41, 5.74) is 2.66. The molecule has 0 saturated carbocycles. The number of benzene rings is 4. The molecule has 6 heteroatoms. The molecule has 1 N–H and O–H groups in total. The molecule has 40 heavy (non-hydrogen) atoms. The van der Waals surface area contributed by atoms with Crippen LogP contribution in [0.15, 0.2) is 115 Å². The summed E-state index contributed by atoms with van der Waals surface area (Å²) in [7, 11) is 0. The third-order valence-corrected chi connectivity index (χ3v) is 6.61. The number of aliphatic hydroxyl groups is 1. The van der Waals surface area contributed by atoms with Crippen LogP contribution in [0.4, 0.5) is 5.69 Å². The lowest BCUT2D eigenvalue weighted by atomic mass is 9.95. The van der Waals surface area contributed by atoms with Gasteiger partial charge in [-0.1, -0.05) is 74.5 Å². The number of para-hydroxylation sites is 1. The standard InChI is InChI=1S/C34H31NO5/c1-23(2)21-39-28-18-16-25(17-19-28)32(36)30-31(35(34(38)33(30)37)27-13-7-4-8-14-27)26-12-9-15-29(20-26)40-22-24-10-5-3-6-11-24/h3-20,23,31,36H,21-22H2,1-2H3/b32-30-. The molecular weight excluding hydrogens is 502 g/mol. The van der Waals surface area contributed by atoms with Crippen molar-refractivity contribution in [3.05, 3.63) is 131 Å². The molecule has 1 amide bonds. The molecule has 202 valence electrons. The number of amides is 1. The Bertz CT molecular complexity index is 1510. The number of aliphatic hydroxyl groups excluding tert-OH is 1. The molecule has 1 atom stereocenters. The smallest absolute Gasteiger partial charge is 0.300 e. The Balaban J connectivity index is 1.54. The Labute approximate surface area is 234 Å². The van der Waals surface area contributed by atoms with Gasteiger partial charge >= 0.3 is 0 Å². The van der Waals surface area contributed by atoms with E-state index in [1.54, 1.807) is 48.5 Å². The molecule has 0 spiro atoms. The summed E-state index contributed by atoms with van der Waals surface area (Å²) in [6, 6.07) is 32.1. The van der Waals surface area contributed by atoms with Crippen LogP contribution in [-0.2, 0) is 16.2 Å². The van der Waals surface area contributed by atoms with Crippen molar-refractivity contribution in [3.63, 3.8) is 0 Å². The average molecular weight is 534 g/mol.